The number of esters is 1. The first kappa shape index (κ1) is 74.1. The van der Waals surface area contributed by atoms with Crippen molar-refractivity contribution in [3.05, 3.63) is 36.5 Å². The molecule has 0 spiro atoms. The largest absolute Gasteiger partial charge is 0.466 e. The van der Waals surface area contributed by atoms with Crippen LogP contribution >= 0.6 is 0 Å². The number of allylic oxidation sites excluding steroid dienone is 5. The second-order valence-corrected chi connectivity index (χ2v) is 23.5. The Hall–Kier alpha value is -1.92. The van der Waals surface area contributed by atoms with Crippen molar-refractivity contribution >= 4 is 11.9 Å². The van der Waals surface area contributed by atoms with Crippen LogP contribution in [0, 0.1) is 0 Å². The summed E-state index contributed by atoms with van der Waals surface area (Å²) in [6, 6.07) is -0.625. The third-order valence-electron chi connectivity index (χ3n) is 15.9. The van der Waals surface area contributed by atoms with Crippen LogP contribution in [0.25, 0.3) is 0 Å². The first-order valence-electron chi connectivity index (χ1n) is 34.3. The number of nitrogens with one attached hydrogen (secondary N) is 1. The van der Waals surface area contributed by atoms with Gasteiger partial charge < -0.3 is 20.3 Å². The van der Waals surface area contributed by atoms with E-state index in [0.29, 0.717) is 19.4 Å². The summed E-state index contributed by atoms with van der Waals surface area (Å²) in [6.07, 6.45) is 83.7. The van der Waals surface area contributed by atoms with Gasteiger partial charge in [0.2, 0.25) is 5.91 Å². The SMILES string of the molecule is CCCCCC/C=C\CCCCCCCC(=O)OCCCCCCCCCCCCCC/C=C\CCCCCCCCCCCCCCCCCCCC(=O)NC(CO)C(O)/C=C/CCCCCCCCCCCCC. The molecule has 0 saturated carbocycles. The molecule has 0 aromatic carbocycles. The van der Waals surface area contributed by atoms with Crippen LogP contribution in [0.2, 0.25) is 0 Å². The first-order valence-corrected chi connectivity index (χ1v) is 34.3. The highest BCUT2D eigenvalue weighted by Gasteiger charge is 2.18. The summed E-state index contributed by atoms with van der Waals surface area (Å²) < 4.78 is 5.48. The van der Waals surface area contributed by atoms with Crippen LogP contribution in [0.15, 0.2) is 36.5 Å². The van der Waals surface area contributed by atoms with Gasteiger partial charge in [0.15, 0.2) is 0 Å². The smallest absolute Gasteiger partial charge is 0.305 e. The van der Waals surface area contributed by atoms with E-state index in [-0.39, 0.29) is 18.5 Å². The second kappa shape index (κ2) is 65.6. The summed E-state index contributed by atoms with van der Waals surface area (Å²) in [5, 5.41) is 23.1. The van der Waals surface area contributed by atoms with Gasteiger partial charge in [-0.15, -0.1) is 0 Å². The number of rotatable bonds is 64. The molecule has 0 aliphatic heterocycles. The predicted octanol–water partition coefficient (Wildman–Crippen LogP) is 21.9. The molecular weight excluding hydrogens is 935 g/mol. The lowest BCUT2D eigenvalue weighted by molar-refractivity contribution is -0.143. The summed E-state index contributed by atoms with van der Waals surface area (Å²) in [5.74, 6) is -0.0546. The second-order valence-electron chi connectivity index (χ2n) is 23.5. The average molecular weight is 1070 g/mol. The fraction of sp³-hybridized carbons (Fsp3) is 0.886. The third kappa shape index (κ3) is 61.3. The van der Waals surface area contributed by atoms with Gasteiger partial charge in [-0.05, 0) is 83.5 Å². The molecule has 0 saturated heterocycles. The van der Waals surface area contributed by atoms with E-state index in [1.54, 1.807) is 6.08 Å². The fourth-order valence-corrected chi connectivity index (χ4v) is 10.6. The number of aliphatic hydroxyl groups is 2. The Morgan fingerprint density at radius 3 is 0.947 bits per heavy atom. The lowest BCUT2D eigenvalue weighted by Crippen LogP contribution is -2.45. The number of carbonyl (C=O) groups excluding carboxylic acids is 2. The number of amides is 1. The molecule has 0 bridgehead atoms. The zero-order chi connectivity index (χ0) is 55.0. The van der Waals surface area contributed by atoms with E-state index in [1.165, 1.54) is 302 Å². The van der Waals surface area contributed by atoms with Gasteiger partial charge in [0.25, 0.3) is 0 Å². The third-order valence-corrected chi connectivity index (χ3v) is 15.9. The van der Waals surface area contributed by atoms with Crippen LogP contribution in [0.3, 0.4) is 0 Å². The number of carbonyl (C=O) groups is 2. The van der Waals surface area contributed by atoms with Crippen LogP contribution in [0.5, 0.6) is 0 Å². The molecule has 0 rings (SSSR count). The minimum Gasteiger partial charge on any atom is -0.466 e. The lowest BCUT2D eigenvalue weighted by Gasteiger charge is -2.20. The maximum absolute atomic E-state index is 12.5. The van der Waals surface area contributed by atoms with Crippen molar-refractivity contribution in [3.63, 3.8) is 0 Å². The number of aliphatic hydroxyl groups excluding tert-OH is 2. The predicted molar refractivity (Wildman–Crippen MR) is 333 cm³/mol. The Kier molecular flexibility index (Phi) is 63.9. The van der Waals surface area contributed by atoms with E-state index >= 15 is 0 Å². The van der Waals surface area contributed by atoms with Crippen molar-refractivity contribution in [2.75, 3.05) is 13.2 Å². The summed E-state index contributed by atoms with van der Waals surface area (Å²) in [6.45, 7) is 4.90. The lowest BCUT2D eigenvalue weighted by atomic mass is 10.0. The van der Waals surface area contributed by atoms with Crippen molar-refractivity contribution in [1.82, 2.24) is 5.32 Å². The molecule has 0 heterocycles. The van der Waals surface area contributed by atoms with Gasteiger partial charge >= 0.3 is 5.97 Å². The average Bonchev–Trinajstić information content (AvgIpc) is 3.42. The van der Waals surface area contributed by atoms with E-state index in [1.807, 2.05) is 6.08 Å². The molecule has 0 fully saturated rings. The standard InChI is InChI=1S/C70H133NO5/c1-3-5-7-9-11-13-15-38-42-46-50-54-58-62-68(73)67(66-72)71-69(74)63-59-55-51-47-43-40-36-34-32-30-28-26-24-22-20-18-17-19-21-23-25-27-29-31-33-35-37-41-45-49-53-57-61-65-76-70(75)64-60-56-52-48-44-39-16-14-12-10-8-6-4-2/h14,16,21,23,58,62,67-68,72-73H,3-13,15,17-20,22,24-57,59-61,63-66H2,1-2H3,(H,71,74)/b16-14-,23-21-,62-58+. The van der Waals surface area contributed by atoms with E-state index in [2.05, 4.69) is 43.5 Å². The maximum Gasteiger partial charge on any atom is 0.305 e. The van der Waals surface area contributed by atoms with Crippen molar-refractivity contribution in [2.45, 2.75) is 386 Å². The van der Waals surface area contributed by atoms with Crippen molar-refractivity contribution in [2.24, 2.45) is 0 Å². The molecule has 2 atom stereocenters. The van der Waals surface area contributed by atoms with Crippen LogP contribution in [-0.2, 0) is 14.3 Å². The summed E-state index contributed by atoms with van der Waals surface area (Å²) in [5.41, 5.74) is 0. The van der Waals surface area contributed by atoms with Gasteiger partial charge in [-0.2, -0.15) is 0 Å². The minimum atomic E-state index is -0.841. The van der Waals surface area contributed by atoms with Crippen molar-refractivity contribution in [1.29, 1.82) is 0 Å². The van der Waals surface area contributed by atoms with E-state index < -0.39 is 12.1 Å². The highest BCUT2D eigenvalue weighted by atomic mass is 16.5. The molecule has 76 heavy (non-hydrogen) atoms. The molecule has 6 heteroatoms. The summed E-state index contributed by atoms with van der Waals surface area (Å²) in [7, 11) is 0. The number of hydrogen-bond acceptors (Lipinski definition) is 5. The fourth-order valence-electron chi connectivity index (χ4n) is 10.6. The molecule has 448 valence electrons. The van der Waals surface area contributed by atoms with Crippen molar-refractivity contribution in [3.8, 4) is 0 Å². The molecule has 0 aliphatic rings. The van der Waals surface area contributed by atoms with E-state index in [4.69, 9.17) is 4.74 Å². The van der Waals surface area contributed by atoms with Gasteiger partial charge in [0.05, 0.1) is 25.4 Å². The monoisotopic (exact) mass is 1070 g/mol. The summed E-state index contributed by atoms with van der Waals surface area (Å²) in [4.78, 5) is 24.5. The Balaban J connectivity index is 3.35. The zero-order valence-electron chi connectivity index (χ0n) is 51.3. The van der Waals surface area contributed by atoms with Crippen molar-refractivity contribution < 1.29 is 24.5 Å². The molecule has 6 nitrogen and oxygen atoms in total. The normalized spacial score (nSPS) is 12.7. The molecule has 1 amide bonds. The Morgan fingerprint density at radius 2 is 0.618 bits per heavy atom. The maximum atomic E-state index is 12.5. The van der Waals surface area contributed by atoms with Crippen LogP contribution in [-0.4, -0.2) is 47.4 Å². The molecule has 0 aromatic heterocycles. The Morgan fingerprint density at radius 1 is 0.355 bits per heavy atom. The number of hydrogen-bond donors (Lipinski definition) is 3. The molecule has 0 radical (unpaired) electrons. The van der Waals surface area contributed by atoms with Gasteiger partial charge in [-0.3, -0.25) is 9.59 Å². The molecule has 3 N–H and O–H groups in total. The van der Waals surface area contributed by atoms with Gasteiger partial charge in [-0.25, -0.2) is 0 Å². The van der Waals surface area contributed by atoms with E-state index in [0.717, 1.165) is 44.9 Å². The van der Waals surface area contributed by atoms with Gasteiger partial charge in [0, 0.05) is 12.8 Å². The highest BCUT2D eigenvalue weighted by Crippen LogP contribution is 2.18. The van der Waals surface area contributed by atoms with E-state index in [9.17, 15) is 19.8 Å². The molecule has 2 unspecified atom stereocenters. The van der Waals surface area contributed by atoms with Gasteiger partial charge in [-0.1, -0.05) is 314 Å². The molecule has 0 aromatic rings. The number of unbranched alkanes of at least 4 members (excludes halogenated alkanes) is 49. The topological polar surface area (TPSA) is 95.9 Å². The van der Waals surface area contributed by atoms with Crippen LogP contribution in [0.1, 0.15) is 373 Å². The van der Waals surface area contributed by atoms with Gasteiger partial charge in [0.1, 0.15) is 0 Å². The van der Waals surface area contributed by atoms with Crippen LogP contribution in [0.4, 0.5) is 0 Å². The molecule has 0 aliphatic carbocycles. The zero-order valence-corrected chi connectivity index (χ0v) is 51.3. The Labute approximate surface area is 474 Å². The summed E-state index contributed by atoms with van der Waals surface area (Å²) >= 11 is 0. The quantitative estimate of drug-likeness (QED) is 0.0320. The number of ether oxygens (including phenoxy) is 1. The highest BCUT2D eigenvalue weighted by molar-refractivity contribution is 5.76. The Bertz CT molecular complexity index is 1230. The molecular formula is C70H133NO5. The van der Waals surface area contributed by atoms with Crippen LogP contribution < -0.4 is 5.32 Å². The first-order chi connectivity index (χ1) is 37.5. The minimum absolute atomic E-state index is 0.00926.